The molecule has 0 saturated heterocycles. The molecule has 0 aliphatic carbocycles. The molecule has 1 aromatic heterocycles. The standard InChI is InChI=1S/C8H9BrF3N3O2S/c1-5-2-6(3-13-7(5)9)15-18(16,17)14-4-8(10,11)12/h2-3,14-15H,4H2,1H3. The first-order chi connectivity index (χ1) is 8.09. The normalized spacial score (nSPS) is 12.5. The average Bonchev–Trinajstić information content (AvgIpc) is 2.20. The molecule has 18 heavy (non-hydrogen) atoms. The van der Waals surface area contributed by atoms with E-state index in [1.807, 2.05) is 4.72 Å². The van der Waals surface area contributed by atoms with E-state index >= 15 is 0 Å². The van der Waals surface area contributed by atoms with Gasteiger partial charge in [0.15, 0.2) is 0 Å². The van der Waals surface area contributed by atoms with Gasteiger partial charge < -0.3 is 0 Å². The van der Waals surface area contributed by atoms with Crippen molar-refractivity contribution in [2.24, 2.45) is 0 Å². The smallest absolute Gasteiger partial charge is 0.270 e. The molecule has 1 heterocycles. The molecule has 0 radical (unpaired) electrons. The fraction of sp³-hybridized carbons (Fsp3) is 0.375. The van der Waals surface area contributed by atoms with Crippen molar-refractivity contribution in [3.8, 4) is 0 Å². The summed E-state index contributed by atoms with van der Waals surface area (Å²) >= 11 is 3.11. The third-order valence-corrected chi connectivity index (χ3v) is 3.59. The number of aryl methyl sites for hydroxylation is 1. The quantitative estimate of drug-likeness (QED) is 0.818. The minimum atomic E-state index is -4.61. The first-order valence-electron chi connectivity index (χ1n) is 4.55. The van der Waals surface area contributed by atoms with E-state index < -0.39 is 22.9 Å². The Kier molecular flexibility index (Phi) is 4.56. The SMILES string of the molecule is Cc1cc(NS(=O)(=O)NCC(F)(F)F)cnc1Br. The zero-order valence-electron chi connectivity index (χ0n) is 9.05. The molecule has 0 unspecified atom stereocenters. The number of pyridine rings is 1. The van der Waals surface area contributed by atoms with Gasteiger partial charge in [-0.15, -0.1) is 0 Å². The van der Waals surface area contributed by atoms with Crippen LogP contribution in [0.4, 0.5) is 18.9 Å². The Morgan fingerprint density at radius 3 is 2.56 bits per heavy atom. The zero-order chi connectivity index (χ0) is 14.0. The molecule has 10 heteroatoms. The lowest BCUT2D eigenvalue weighted by Crippen LogP contribution is -2.37. The highest BCUT2D eigenvalue weighted by Gasteiger charge is 2.29. The Bertz CT molecular complexity index is 533. The monoisotopic (exact) mass is 347 g/mol. The van der Waals surface area contributed by atoms with Crippen LogP contribution in [0.1, 0.15) is 5.56 Å². The van der Waals surface area contributed by atoms with Crippen LogP contribution in [-0.2, 0) is 10.2 Å². The van der Waals surface area contributed by atoms with E-state index in [9.17, 15) is 21.6 Å². The minimum absolute atomic E-state index is 0.0744. The van der Waals surface area contributed by atoms with Gasteiger partial charge in [-0.2, -0.15) is 26.3 Å². The Balaban J connectivity index is 2.74. The van der Waals surface area contributed by atoms with Crippen LogP contribution in [0.5, 0.6) is 0 Å². The molecule has 102 valence electrons. The van der Waals surface area contributed by atoms with E-state index in [2.05, 4.69) is 20.9 Å². The van der Waals surface area contributed by atoms with Crippen LogP contribution in [0.25, 0.3) is 0 Å². The summed E-state index contributed by atoms with van der Waals surface area (Å²) in [7, 11) is -4.27. The van der Waals surface area contributed by atoms with Crippen LogP contribution < -0.4 is 9.44 Å². The largest absolute Gasteiger partial charge is 0.402 e. The van der Waals surface area contributed by atoms with E-state index in [0.29, 0.717) is 10.2 Å². The fourth-order valence-electron chi connectivity index (χ4n) is 0.982. The molecule has 0 atom stereocenters. The van der Waals surface area contributed by atoms with Crippen molar-refractivity contribution in [3.63, 3.8) is 0 Å². The van der Waals surface area contributed by atoms with Crippen LogP contribution in [-0.4, -0.2) is 26.1 Å². The van der Waals surface area contributed by atoms with Crippen molar-refractivity contribution in [3.05, 3.63) is 22.4 Å². The number of halogens is 4. The van der Waals surface area contributed by atoms with Gasteiger partial charge in [0.25, 0.3) is 10.2 Å². The topological polar surface area (TPSA) is 71.1 Å². The molecule has 0 aromatic carbocycles. The molecule has 2 N–H and O–H groups in total. The summed E-state index contributed by atoms with van der Waals surface area (Å²) in [4.78, 5) is 3.81. The van der Waals surface area contributed by atoms with Gasteiger partial charge in [0.2, 0.25) is 0 Å². The second-order valence-electron chi connectivity index (χ2n) is 3.37. The predicted octanol–water partition coefficient (Wildman–Crippen LogP) is 1.96. The van der Waals surface area contributed by atoms with Crippen molar-refractivity contribution in [2.75, 3.05) is 11.3 Å². The summed E-state index contributed by atoms with van der Waals surface area (Å²) in [5.41, 5.74) is 0.719. The molecule has 0 fully saturated rings. The van der Waals surface area contributed by atoms with Crippen LogP contribution in [0.2, 0.25) is 0 Å². The predicted molar refractivity (Wildman–Crippen MR) is 63.3 cm³/mol. The maximum Gasteiger partial charge on any atom is 0.402 e. The molecule has 0 bridgehead atoms. The molecule has 0 amide bonds. The Morgan fingerprint density at radius 2 is 2.06 bits per heavy atom. The summed E-state index contributed by atoms with van der Waals surface area (Å²) in [5, 5.41) is 0. The lowest BCUT2D eigenvalue weighted by Gasteiger charge is -2.11. The van der Waals surface area contributed by atoms with Crippen LogP contribution in [0.3, 0.4) is 0 Å². The van der Waals surface area contributed by atoms with Gasteiger partial charge in [0.1, 0.15) is 11.1 Å². The summed E-state index contributed by atoms with van der Waals surface area (Å²) in [6.45, 7) is 0.0310. The molecule has 0 spiro atoms. The molecule has 1 rings (SSSR count). The summed E-state index contributed by atoms with van der Waals surface area (Å²) in [6, 6.07) is 1.43. The van der Waals surface area contributed by atoms with Gasteiger partial charge in [-0.3, -0.25) is 4.72 Å². The van der Waals surface area contributed by atoms with E-state index in [0.717, 1.165) is 0 Å². The second-order valence-corrected chi connectivity index (χ2v) is 5.62. The van der Waals surface area contributed by atoms with E-state index in [-0.39, 0.29) is 5.69 Å². The summed E-state index contributed by atoms with van der Waals surface area (Å²) in [6.07, 6.45) is -3.42. The zero-order valence-corrected chi connectivity index (χ0v) is 11.4. The molecule has 5 nitrogen and oxygen atoms in total. The maximum atomic E-state index is 11.9. The average molecular weight is 348 g/mol. The highest BCUT2D eigenvalue weighted by atomic mass is 79.9. The number of alkyl halides is 3. The number of hydrogen-bond acceptors (Lipinski definition) is 3. The van der Waals surface area contributed by atoms with E-state index in [1.54, 1.807) is 6.92 Å². The van der Waals surface area contributed by atoms with E-state index in [4.69, 9.17) is 0 Å². The van der Waals surface area contributed by atoms with Crippen molar-refractivity contribution in [2.45, 2.75) is 13.1 Å². The number of nitrogens with one attached hydrogen (secondary N) is 2. The molecule has 0 aliphatic heterocycles. The number of nitrogens with zero attached hydrogens (tertiary/aromatic N) is 1. The van der Waals surface area contributed by atoms with Gasteiger partial charge in [-0.25, -0.2) is 4.98 Å². The second kappa shape index (κ2) is 5.41. The van der Waals surface area contributed by atoms with Crippen molar-refractivity contribution >= 4 is 31.8 Å². The molecular weight excluding hydrogens is 339 g/mol. The molecule has 0 saturated carbocycles. The Morgan fingerprint density at radius 1 is 1.44 bits per heavy atom. The van der Waals surface area contributed by atoms with Crippen molar-refractivity contribution in [1.29, 1.82) is 0 Å². The highest BCUT2D eigenvalue weighted by Crippen LogP contribution is 2.18. The van der Waals surface area contributed by atoms with Crippen LogP contribution in [0, 0.1) is 6.92 Å². The van der Waals surface area contributed by atoms with Gasteiger partial charge in [-0.05, 0) is 34.5 Å². The first kappa shape index (κ1) is 15.2. The molecule has 0 aliphatic rings. The first-order valence-corrected chi connectivity index (χ1v) is 6.83. The van der Waals surface area contributed by atoms with Gasteiger partial charge in [0.05, 0.1) is 11.9 Å². The Labute approximate surface area is 110 Å². The minimum Gasteiger partial charge on any atom is -0.270 e. The number of anilines is 1. The highest BCUT2D eigenvalue weighted by molar-refractivity contribution is 9.10. The molecular formula is C8H9BrF3N3O2S. The van der Waals surface area contributed by atoms with E-state index in [1.165, 1.54) is 17.0 Å². The van der Waals surface area contributed by atoms with Crippen molar-refractivity contribution in [1.82, 2.24) is 9.71 Å². The number of rotatable bonds is 4. The van der Waals surface area contributed by atoms with Gasteiger partial charge >= 0.3 is 6.18 Å². The Hall–Kier alpha value is -0.870. The lowest BCUT2D eigenvalue weighted by atomic mass is 10.3. The number of hydrogen-bond donors (Lipinski definition) is 2. The number of aromatic nitrogens is 1. The lowest BCUT2D eigenvalue weighted by molar-refractivity contribution is -0.121. The van der Waals surface area contributed by atoms with Crippen LogP contribution >= 0.6 is 15.9 Å². The fourth-order valence-corrected chi connectivity index (χ4v) is 2.05. The summed E-state index contributed by atoms with van der Waals surface area (Å²) < 4.78 is 62.0. The maximum absolute atomic E-state index is 11.9. The summed E-state index contributed by atoms with van der Waals surface area (Å²) in [5.74, 6) is 0. The third-order valence-electron chi connectivity index (χ3n) is 1.73. The third kappa shape index (κ3) is 5.19. The van der Waals surface area contributed by atoms with Crippen molar-refractivity contribution < 1.29 is 21.6 Å². The van der Waals surface area contributed by atoms with Gasteiger partial charge in [-0.1, -0.05) is 0 Å². The van der Waals surface area contributed by atoms with Crippen LogP contribution in [0.15, 0.2) is 16.9 Å². The molecule has 1 aromatic rings. The van der Waals surface area contributed by atoms with Gasteiger partial charge in [0, 0.05) is 0 Å².